The fourth-order valence-corrected chi connectivity index (χ4v) is 2.95. The van der Waals surface area contributed by atoms with Gasteiger partial charge in [0, 0.05) is 5.30 Å². The molecule has 124 valence electrons. The van der Waals surface area contributed by atoms with Crippen molar-refractivity contribution in [3.05, 3.63) is 53.6 Å². The van der Waals surface area contributed by atoms with Crippen molar-refractivity contribution in [1.82, 2.24) is 0 Å². The standard InChI is InChI=1S/C18H21F2O2P/c1-18(2,3)12-10-15(19)17(16(20)11-12)22-13-6-8-14(9-7-13)23(4,5)21/h6-11H,1-5H3. The van der Waals surface area contributed by atoms with Gasteiger partial charge < -0.3 is 9.30 Å². The van der Waals surface area contributed by atoms with Crippen molar-refractivity contribution < 1.29 is 18.1 Å². The van der Waals surface area contributed by atoms with Gasteiger partial charge in [0.2, 0.25) is 0 Å². The smallest absolute Gasteiger partial charge is 0.198 e. The van der Waals surface area contributed by atoms with Gasteiger partial charge in [-0.1, -0.05) is 20.8 Å². The van der Waals surface area contributed by atoms with E-state index in [1.165, 1.54) is 12.1 Å². The van der Waals surface area contributed by atoms with Crippen LogP contribution >= 0.6 is 7.14 Å². The van der Waals surface area contributed by atoms with Crippen LogP contribution < -0.4 is 10.0 Å². The molecule has 5 heteroatoms. The Morgan fingerprint density at radius 1 is 0.957 bits per heavy atom. The van der Waals surface area contributed by atoms with E-state index in [9.17, 15) is 13.3 Å². The zero-order valence-corrected chi connectivity index (χ0v) is 14.9. The van der Waals surface area contributed by atoms with Crippen LogP contribution in [0.3, 0.4) is 0 Å². The molecule has 0 saturated carbocycles. The van der Waals surface area contributed by atoms with E-state index in [0.29, 0.717) is 16.6 Å². The van der Waals surface area contributed by atoms with Gasteiger partial charge in [-0.05, 0) is 60.7 Å². The van der Waals surface area contributed by atoms with Crippen LogP contribution in [0.15, 0.2) is 36.4 Å². The van der Waals surface area contributed by atoms with E-state index in [-0.39, 0.29) is 5.41 Å². The molecular formula is C18H21F2O2P. The van der Waals surface area contributed by atoms with Gasteiger partial charge in [0.25, 0.3) is 0 Å². The number of rotatable bonds is 3. The van der Waals surface area contributed by atoms with Gasteiger partial charge in [-0.3, -0.25) is 0 Å². The summed E-state index contributed by atoms with van der Waals surface area (Å²) in [5.41, 5.74) is 0.207. The van der Waals surface area contributed by atoms with Crippen molar-refractivity contribution in [3.8, 4) is 11.5 Å². The van der Waals surface area contributed by atoms with Crippen LogP contribution in [0, 0.1) is 11.6 Å². The first-order valence-electron chi connectivity index (χ1n) is 7.31. The predicted molar refractivity (Wildman–Crippen MR) is 90.7 cm³/mol. The molecule has 0 spiro atoms. The summed E-state index contributed by atoms with van der Waals surface area (Å²) in [5.74, 6) is -1.61. The molecule has 2 aromatic rings. The average molecular weight is 338 g/mol. The molecule has 0 amide bonds. The SMILES string of the molecule is CC(C)(C)c1cc(F)c(Oc2ccc(P(C)(C)=O)cc2)c(F)c1. The van der Waals surface area contributed by atoms with Gasteiger partial charge in [-0.15, -0.1) is 0 Å². The molecule has 0 fully saturated rings. The van der Waals surface area contributed by atoms with Crippen molar-refractivity contribution >= 4 is 12.4 Å². The maximum atomic E-state index is 14.2. The van der Waals surface area contributed by atoms with Gasteiger partial charge >= 0.3 is 0 Å². The number of benzene rings is 2. The fraction of sp³-hybridized carbons (Fsp3) is 0.333. The van der Waals surface area contributed by atoms with E-state index in [4.69, 9.17) is 4.74 Å². The van der Waals surface area contributed by atoms with Gasteiger partial charge in [0.1, 0.15) is 12.9 Å². The second-order valence-electron chi connectivity index (χ2n) is 6.97. The molecule has 2 nitrogen and oxygen atoms in total. The lowest BCUT2D eigenvalue weighted by Crippen LogP contribution is -2.12. The average Bonchev–Trinajstić information content (AvgIpc) is 2.41. The third-order valence-corrected chi connectivity index (χ3v) is 5.08. The molecular weight excluding hydrogens is 317 g/mol. The van der Waals surface area contributed by atoms with Crippen molar-refractivity contribution in [2.45, 2.75) is 26.2 Å². The first kappa shape index (κ1) is 17.7. The van der Waals surface area contributed by atoms with E-state index in [1.807, 2.05) is 20.8 Å². The van der Waals surface area contributed by atoms with Crippen LogP contribution in [0.1, 0.15) is 26.3 Å². The van der Waals surface area contributed by atoms with Crippen LogP contribution in [-0.4, -0.2) is 13.3 Å². The zero-order chi connectivity index (χ0) is 17.4. The highest BCUT2D eigenvalue weighted by molar-refractivity contribution is 7.70. The van der Waals surface area contributed by atoms with Crippen molar-refractivity contribution in [3.63, 3.8) is 0 Å². The monoisotopic (exact) mass is 338 g/mol. The number of hydrogen-bond donors (Lipinski definition) is 0. The molecule has 0 aliphatic rings. The summed E-state index contributed by atoms with van der Waals surface area (Å²) in [6, 6.07) is 9.00. The Bertz CT molecular complexity index is 733. The molecule has 0 atom stereocenters. The molecule has 0 aliphatic carbocycles. The summed E-state index contributed by atoms with van der Waals surface area (Å²) in [7, 11) is -2.37. The third kappa shape index (κ3) is 4.20. The Kier molecular flexibility index (Phi) is 4.68. The second-order valence-corrected chi connectivity index (χ2v) is 10.2. The van der Waals surface area contributed by atoms with E-state index in [2.05, 4.69) is 0 Å². The maximum absolute atomic E-state index is 14.2. The minimum absolute atomic E-state index is 0.295. The van der Waals surface area contributed by atoms with Crippen molar-refractivity contribution in [1.29, 1.82) is 0 Å². The van der Waals surface area contributed by atoms with Crippen LogP contribution in [-0.2, 0) is 9.98 Å². The third-order valence-electron chi connectivity index (χ3n) is 3.54. The number of halogens is 2. The molecule has 0 aromatic heterocycles. The van der Waals surface area contributed by atoms with Crippen molar-refractivity contribution in [2.24, 2.45) is 0 Å². The highest BCUT2D eigenvalue weighted by Gasteiger charge is 2.20. The molecule has 0 saturated heterocycles. The normalized spacial score (nSPS) is 12.3. The van der Waals surface area contributed by atoms with Gasteiger partial charge in [-0.2, -0.15) is 0 Å². The van der Waals surface area contributed by atoms with Gasteiger partial charge in [-0.25, -0.2) is 8.78 Å². The van der Waals surface area contributed by atoms with Crippen LogP contribution in [0.2, 0.25) is 0 Å². The Balaban J connectivity index is 2.32. The summed E-state index contributed by atoms with van der Waals surface area (Å²) in [6.45, 7) is 8.97. The number of hydrogen-bond acceptors (Lipinski definition) is 2. The second kappa shape index (κ2) is 6.09. The molecule has 0 radical (unpaired) electrons. The van der Waals surface area contributed by atoms with Crippen LogP contribution in [0.25, 0.3) is 0 Å². The highest BCUT2D eigenvalue weighted by atomic mass is 31.2. The van der Waals surface area contributed by atoms with Crippen LogP contribution in [0.5, 0.6) is 11.5 Å². The van der Waals surface area contributed by atoms with E-state index < -0.39 is 24.5 Å². The molecule has 23 heavy (non-hydrogen) atoms. The molecule has 2 aromatic carbocycles. The molecule has 0 unspecified atom stereocenters. The van der Waals surface area contributed by atoms with Gasteiger partial charge in [0.05, 0.1) is 0 Å². The topological polar surface area (TPSA) is 26.3 Å². The Morgan fingerprint density at radius 3 is 1.83 bits per heavy atom. The highest BCUT2D eigenvalue weighted by Crippen LogP contribution is 2.36. The van der Waals surface area contributed by atoms with Gasteiger partial charge in [0.15, 0.2) is 17.4 Å². The molecule has 0 N–H and O–H groups in total. The lowest BCUT2D eigenvalue weighted by Gasteiger charge is -2.20. The largest absolute Gasteiger partial charge is 0.451 e. The van der Waals surface area contributed by atoms with Crippen molar-refractivity contribution in [2.75, 3.05) is 13.3 Å². The van der Waals surface area contributed by atoms with Crippen LogP contribution in [0.4, 0.5) is 8.78 Å². The number of ether oxygens (including phenoxy) is 1. The first-order chi connectivity index (χ1) is 10.5. The molecule has 2 rings (SSSR count). The first-order valence-corrected chi connectivity index (χ1v) is 9.91. The Hall–Kier alpha value is -1.67. The maximum Gasteiger partial charge on any atom is 0.198 e. The minimum Gasteiger partial charge on any atom is -0.451 e. The zero-order valence-electron chi connectivity index (χ0n) is 14.0. The lowest BCUT2D eigenvalue weighted by atomic mass is 9.87. The molecule has 0 aliphatic heterocycles. The lowest BCUT2D eigenvalue weighted by molar-refractivity contribution is 0.404. The molecule has 0 heterocycles. The summed E-state index contributed by atoms with van der Waals surface area (Å²) in [4.78, 5) is 0. The minimum atomic E-state index is -2.37. The summed E-state index contributed by atoms with van der Waals surface area (Å²) in [6.07, 6.45) is 0. The van der Waals surface area contributed by atoms with E-state index >= 15 is 0 Å². The predicted octanol–water partition coefficient (Wildman–Crippen LogP) is 5.30. The summed E-state index contributed by atoms with van der Waals surface area (Å²) < 4.78 is 45.7. The summed E-state index contributed by atoms with van der Waals surface area (Å²) in [5, 5.41) is 0.689. The molecule has 0 bridgehead atoms. The fourth-order valence-electron chi connectivity index (χ4n) is 2.08. The Labute approximate surface area is 135 Å². The Morgan fingerprint density at radius 2 is 1.43 bits per heavy atom. The van der Waals surface area contributed by atoms with E-state index in [1.54, 1.807) is 37.6 Å². The van der Waals surface area contributed by atoms with E-state index in [0.717, 1.165) is 0 Å². The quantitative estimate of drug-likeness (QED) is 0.710. The summed E-state index contributed by atoms with van der Waals surface area (Å²) >= 11 is 0.